The molecule has 2 rings (SSSR count). The summed E-state index contributed by atoms with van der Waals surface area (Å²) in [4.78, 5) is 10.9. The molecule has 16 heavy (non-hydrogen) atoms. The highest BCUT2D eigenvalue weighted by Gasteiger charge is 2.25. The number of benzene rings is 1. The predicted octanol–water partition coefficient (Wildman–Crippen LogP) is 3.94. The molecule has 0 saturated heterocycles. The lowest BCUT2D eigenvalue weighted by molar-refractivity contribution is 0.0690. The first-order chi connectivity index (χ1) is 7.61. The van der Waals surface area contributed by atoms with E-state index in [1.807, 2.05) is 0 Å². The Morgan fingerprint density at radius 1 is 1.38 bits per heavy atom. The average Bonchev–Trinajstić information content (AvgIpc) is 2.70. The zero-order valence-corrected chi connectivity index (χ0v) is 10.3. The van der Waals surface area contributed by atoms with Crippen LogP contribution < -0.4 is 0 Å². The Balaban J connectivity index is 2.47. The Labute approximate surface area is 102 Å². The van der Waals surface area contributed by atoms with Gasteiger partial charge in [0.25, 0.3) is 0 Å². The second-order valence-electron chi connectivity index (χ2n) is 4.11. The number of carboxylic acid groups (broad SMARTS) is 1. The van der Waals surface area contributed by atoms with Crippen LogP contribution in [0.5, 0.6) is 0 Å². The van der Waals surface area contributed by atoms with Crippen molar-refractivity contribution in [3.8, 4) is 0 Å². The van der Waals surface area contributed by atoms with Gasteiger partial charge in [-0.15, -0.1) is 0 Å². The van der Waals surface area contributed by atoms with Gasteiger partial charge >= 0.3 is 5.97 Å². The third-order valence-corrected chi connectivity index (χ3v) is 3.79. The van der Waals surface area contributed by atoms with Crippen LogP contribution in [0.1, 0.15) is 47.5 Å². The van der Waals surface area contributed by atoms with Gasteiger partial charge < -0.3 is 5.11 Å². The van der Waals surface area contributed by atoms with E-state index in [9.17, 15) is 9.18 Å². The Hall–Kier alpha value is -0.900. The molecule has 0 unspecified atom stereocenters. The first-order valence-corrected chi connectivity index (χ1v) is 6.11. The lowest BCUT2D eigenvalue weighted by Crippen LogP contribution is -2.07. The molecule has 4 heteroatoms. The molecule has 0 radical (unpaired) electrons. The van der Waals surface area contributed by atoms with E-state index in [4.69, 9.17) is 5.11 Å². The van der Waals surface area contributed by atoms with Crippen LogP contribution in [0.25, 0.3) is 0 Å². The fraction of sp³-hybridized carbons (Fsp3) is 0.417. The number of aromatic carboxylic acids is 1. The summed E-state index contributed by atoms with van der Waals surface area (Å²) in [5, 5.41) is 8.94. The first kappa shape index (κ1) is 11.6. The van der Waals surface area contributed by atoms with Gasteiger partial charge in [-0.25, -0.2) is 9.18 Å². The molecule has 0 aromatic heterocycles. The van der Waals surface area contributed by atoms with Crippen LogP contribution in [0, 0.1) is 5.82 Å². The summed E-state index contributed by atoms with van der Waals surface area (Å²) in [5.74, 6) is -1.61. The largest absolute Gasteiger partial charge is 0.478 e. The summed E-state index contributed by atoms with van der Waals surface area (Å²) >= 11 is 3.07. The van der Waals surface area contributed by atoms with Gasteiger partial charge in [-0.05, 0) is 46.3 Å². The molecule has 0 atom stereocenters. The van der Waals surface area contributed by atoms with Gasteiger partial charge in [0, 0.05) is 4.47 Å². The van der Waals surface area contributed by atoms with Gasteiger partial charge in [0.15, 0.2) is 0 Å². The molecule has 0 heterocycles. The van der Waals surface area contributed by atoms with E-state index in [0.717, 1.165) is 25.7 Å². The number of carbonyl (C=O) groups is 1. The van der Waals surface area contributed by atoms with Crippen LogP contribution in [-0.4, -0.2) is 11.1 Å². The lowest BCUT2D eigenvalue weighted by Gasteiger charge is -2.13. The molecule has 1 aromatic carbocycles. The predicted molar refractivity (Wildman–Crippen MR) is 62.3 cm³/mol. The molecule has 1 fully saturated rings. The Morgan fingerprint density at radius 3 is 2.56 bits per heavy atom. The van der Waals surface area contributed by atoms with Crippen molar-refractivity contribution >= 4 is 21.9 Å². The normalized spacial score (nSPS) is 16.6. The van der Waals surface area contributed by atoms with Crippen molar-refractivity contribution in [2.24, 2.45) is 0 Å². The molecule has 1 aliphatic carbocycles. The van der Waals surface area contributed by atoms with Gasteiger partial charge in [-0.1, -0.05) is 18.9 Å². The summed E-state index contributed by atoms with van der Waals surface area (Å²) in [6.45, 7) is 0. The summed E-state index contributed by atoms with van der Waals surface area (Å²) < 4.78 is 14.3. The molecule has 1 aliphatic rings. The highest BCUT2D eigenvalue weighted by molar-refractivity contribution is 9.10. The highest BCUT2D eigenvalue weighted by Crippen LogP contribution is 2.37. The van der Waals surface area contributed by atoms with Gasteiger partial charge in [-0.2, -0.15) is 0 Å². The molecule has 0 bridgehead atoms. The van der Waals surface area contributed by atoms with E-state index in [1.54, 1.807) is 12.1 Å². The summed E-state index contributed by atoms with van der Waals surface area (Å²) in [5.41, 5.74) is 0.308. The van der Waals surface area contributed by atoms with Crippen molar-refractivity contribution < 1.29 is 14.3 Å². The van der Waals surface area contributed by atoms with Crippen molar-refractivity contribution in [1.82, 2.24) is 0 Å². The smallest absolute Gasteiger partial charge is 0.339 e. The summed E-state index contributed by atoms with van der Waals surface area (Å²) in [7, 11) is 0. The number of rotatable bonds is 2. The quantitative estimate of drug-likeness (QED) is 0.894. The minimum absolute atomic E-state index is 0.186. The van der Waals surface area contributed by atoms with Crippen LogP contribution in [0.4, 0.5) is 4.39 Å². The maximum Gasteiger partial charge on any atom is 0.339 e. The van der Waals surface area contributed by atoms with Crippen molar-refractivity contribution in [2.75, 3.05) is 0 Å². The number of carboxylic acids is 1. The number of halogens is 2. The molecule has 1 saturated carbocycles. The zero-order chi connectivity index (χ0) is 11.7. The summed E-state index contributed by atoms with van der Waals surface area (Å²) in [6, 6.07) is 3.32. The van der Waals surface area contributed by atoms with Crippen molar-refractivity contribution in [2.45, 2.75) is 31.6 Å². The van der Waals surface area contributed by atoms with E-state index < -0.39 is 11.8 Å². The fourth-order valence-corrected chi connectivity index (χ4v) is 2.79. The molecular formula is C12H12BrFO2. The molecule has 0 aliphatic heterocycles. The number of hydrogen-bond acceptors (Lipinski definition) is 1. The monoisotopic (exact) mass is 286 g/mol. The fourth-order valence-electron chi connectivity index (χ4n) is 2.32. The molecule has 0 spiro atoms. The first-order valence-electron chi connectivity index (χ1n) is 5.32. The minimum Gasteiger partial charge on any atom is -0.478 e. The van der Waals surface area contributed by atoms with Crippen LogP contribution in [-0.2, 0) is 0 Å². The second kappa shape index (κ2) is 4.53. The Kier molecular flexibility index (Phi) is 3.28. The topological polar surface area (TPSA) is 37.3 Å². The third-order valence-electron chi connectivity index (χ3n) is 3.13. The minimum atomic E-state index is -1.22. The lowest BCUT2D eigenvalue weighted by atomic mass is 9.95. The van der Waals surface area contributed by atoms with Crippen molar-refractivity contribution in [3.63, 3.8) is 0 Å². The van der Waals surface area contributed by atoms with Crippen LogP contribution >= 0.6 is 15.9 Å². The van der Waals surface area contributed by atoms with Crippen molar-refractivity contribution in [3.05, 3.63) is 33.5 Å². The van der Waals surface area contributed by atoms with Crippen LogP contribution in [0.2, 0.25) is 0 Å². The van der Waals surface area contributed by atoms with Crippen LogP contribution in [0.15, 0.2) is 16.6 Å². The van der Waals surface area contributed by atoms with Gasteiger partial charge in [0.2, 0.25) is 0 Å². The Morgan fingerprint density at radius 2 is 2.00 bits per heavy atom. The maximum atomic E-state index is 14.0. The van der Waals surface area contributed by atoms with Crippen molar-refractivity contribution in [1.29, 1.82) is 0 Å². The second-order valence-corrected chi connectivity index (χ2v) is 4.97. The molecule has 0 amide bonds. The van der Waals surface area contributed by atoms with E-state index in [0.29, 0.717) is 10.0 Å². The number of hydrogen-bond donors (Lipinski definition) is 1. The van der Waals surface area contributed by atoms with E-state index in [1.165, 1.54) is 0 Å². The van der Waals surface area contributed by atoms with E-state index in [2.05, 4.69) is 15.9 Å². The maximum absolute atomic E-state index is 14.0. The molecule has 1 aromatic rings. The molecule has 86 valence electrons. The highest BCUT2D eigenvalue weighted by atomic mass is 79.9. The average molecular weight is 287 g/mol. The van der Waals surface area contributed by atoms with E-state index >= 15 is 0 Å². The third kappa shape index (κ3) is 1.98. The SMILES string of the molecule is O=C(O)c1c(Br)ccc(C2CCCC2)c1F. The molecule has 2 nitrogen and oxygen atoms in total. The summed E-state index contributed by atoms with van der Waals surface area (Å²) in [6.07, 6.45) is 4.11. The van der Waals surface area contributed by atoms with Gasteiger partial charge in [0.05, 0.1) is 0 Å². The van der Waals surface area contributed by atoms with E-state index in [-0.39, 0.29) is 11.5 Å². The standard InChI is InChI=1S/C12H12BrFO2/c13-9-6-5-8(7-3-1-2-4-7)11(14)10(9)12(15)16/h5-7H,1-4H2,(H,15,16). The zero-order valence-electron chi connectivity index (χ0n) is 8.67. The van der Waals surface area contributed by atoms with Gasteiger partial charge in [-0.3, -0.25) is 0 Å². The molecular weight excluding hydrogens is 275 g/mol. The molecule has 1 N–H and O–H groups in total. The van der Waals surface area contributed by atoms with Gasteiger partial charge in [0.1, 0.15) is 11.4 Å². The van der Waals surface area contributed by atoms with Crippen LogP contribution in [0.3, 0.4) is 0 Å². The Bertz CT molecular complexity index is 425.